The summed E-state index contributed by atoms with van der Waals surface area (Å²) in [6, 6.07) is 18.6. The normalized spacial score (nSPS) is 30.4. The Morgan fingerprint density at radius 3 is 2.45 bits per heavy atom. The fraction of sp³-hybridized carbons (Fsp3) is 0.447. The number of nitrogens with two attached hydrogens (primary N) is 1. The Labute approximate surface area is 295 Å². The van der Waals surface area contributed by atoms with Gasteiger partial charge in [-0.2, -0.15) is 0 Å². The zero-order valence-corrected chi connectivity index (χ0v) is 29.3. The van der Waals surface area contributed by atoms with Gasteiger partial charge in [0.2, 0.25) is 11.8 Å². The molecule has 258 valence electrons. The molecule has 49 heavy (non-hydrogen) atoms. The molecular weight excluding hydrogens is 666 g/mol. The summed E-state index contributed by atoms with van der Waals surface area (Å²) in [7, 11) is 0. The first-order chi connectivity index (χ1) is 23.2. The van der Waals surface area contributed by atoms with E-state index in [4.69, 9.17) is 33.7 Å². The summed E-state index contributed by atoms with van der Waals surface area (Å²) in [4.78, 5) is 41.8. The molecule has 5 atom stereocenters. The summed E-state index contributed by atoms with van der Waals surface area (Å²) in [6.45, 7) is 6.19. The average molecular weight is 708 g/mol. The minimum atomic E-state index is -1.30. The number of carbonyl (C=O) groups excluding carboxylic acids is 3. The predicted molar refractivity (Wildman–Crippen MR) is 187 cm³/mol. The molecule has 2 saturated carbocycles. The zero-order valence-electron chi connectivity index (χ0n) is 27.7. The lowest BCUT2D eigenvalue weighted by molar-refractivity contribution is -0.152. The van der Waals surface area contributed by atoms with Crippen molar-refractivity contribution in [2.45, 2.75) is 99.9 Å². The molecule has 0 bridgehead atoms. The van der Waals surface area contributed by atoms with E-state index in [9.17, 15) is 14.4 Å². The van der Waals surface area contributed by atoms with Gasteiger partial charge in [-0.25, -0.2) is 4.39 Å². The molecule has 3 aromatic carbocycles. The van der Waals surface area contributed by atoms with Gasteiger partial charge < -0.3 is 21.1 Å². The van der Waals surface area contributed by atoms with Crippen LogP contribution in [0.25, 0.3) is 0 Å². The number of anilines is 1. The third kappa shape index (κ3) is 5.27. The van der Waals surface area contributed by atoms with Crippen LogP contribution in [0.5, 0.6) is 0 Å². The highest BCUT2D eigenvalue weighted by molar-refractivity contribution is 6.31. The van der Waals surface area contributed by atoms with Crippen LogP contribution in [0.2, 0.25) is 10.0 Å². The minimum absolute atomic E-state index is 0.0803. The molecule has 3 aromatic rings. The van der Waals surface area contributed by atoms with Gasteiger partial charge in [0.1, 0.15) is 28.9 Å². The topological polar surface area (TPSA) is 132 Å². The number of benzene rings is 3. The van der Waals surface area contributed by atoms with Crippen molar-refractivity contribution in [2.75, 3.05) is 5.32 Å². The van der Waals surface area contributed by atoms with Crippen LogP contribution in [-0.2, 0) is 31.0 Å². The molecule has 2 aliphatic heterocycles. The Morgan fingerprint density at radius 2 is 1.76 bits per heavy atom. The van der Waals surface area contributed by atoms with Gasteiger partial charge in [-0.1, -0.05) is 92.5 Å². The monoisotopic (exact) mass is 706 g/mol. The van der Waals surface area contributed by atoms with Gasteiger partial charge in [-0.3, -0.25) is 19.7 Å². The van der Waals surface area contributed by atoms with E-state index in [0.717, 1.165) is 5.56 Å². The number of rotatable bonds is 8. The quantitative estimate of drug-likeness (QED) is 0.164. The molecule has 1 saturated heterocycles. The standard InChI is InChI=1S/C38H41Cl2FN4O4/c1-35(2,3)20-36-37(26-17-12-22(39)19-29(26)44-33(37)47)31(25-10-7-11-27(40)30(25)41)38(36,45-36)34(48)43-23-13-15-24(16-14-23)49-32(46)28(42)18-21-8-5-4-6-9-21/h4-12,17,19,23-24,28,31,45H,13-16,18,20,42H2,1-3H3,(H,43,48)(H,44,47)/t23?,24?,28-,31+,36-,37-,38-/m0/s1. The Bertz CT molecular complexity index is 1830. The number of hydrogen-bond acceptors (Lipinski definition) is 6. The third-order valence-corrected chi connectivity index (χ3v) is 11.4. The molecule has 2 amide bonds. The van der Waals surface area contributed by atoms with E-state index in [0.29, 0.717) is 54.8 Å². The molecule has 11 heteroatoms. The number of hydrogen-bond donors (Lipinski definition) is 4. The van der Waals surface area contributed by atoms with Gasteiger partial charge in [-0.05, 0) is 78.8 Å². The van der Waals surface area contributed by atoms with Gasteiger partial charge in [0, 0.05) is 22.7 Å². The number of amides is 2. The highest BCUT2D eigenvalue weighted by Gasteiger charge is 2.97. The maximum absolute atomic E-state index is 16.1. The smallest absolute Gasteiger partial charge is 0.323 e. The molecule has 5 N–H and O–H groups in total. The lowest BCUT2D eigenvalue weighted by Crippen LogP contribution is -2.73. The third-order valence-electron chi connectivity index (χ3n) is 10.9. The lowest BCUT2D eigenvalue weighted by atomic mass is 9.41. The molecule has 1 spiro atoms. The van der Waals surface area contributed by atoms with Crippen LogP contribution in [-0.4, -0.2) is 47.0 Å². The van der Waals surface area contributed by atoms with Crippen LogP contribution in [0.3, 0.4) is 0 Å². The zero-order chi connectivity index (χ0) is 34.9. The van der Waals surface area contributed by atoms with Crippen molar-refractivity contribution in [3.8, 4) is 0 Å². The first kappa shape index (κ1) is 34.0. The minimum Gasteiger partial charge on any atom is -0.461 e. The van der Waals surface area contributed by atoms with Crippen molar-refractivity contribution in [2.24, 2.45) is 11.1 Å². The number of carbonyl (C=O) groups is 3. The van der Waals surface area contributed by atoms with E-state index < -0.39 is 40.2 Å². The van der Waals surface area contributed by atoms with E-state index >= 15 is 4.39 Å². The fourth-order valence-electron chi connectivity index (χ4n) is 9.08. The number of fused-ring (bicyclic) bond motifs is 4. The number of esters is 1. The predicted octanol–water partition coefficient (Wildman–Crippen LogP) is 6.18. The van der Waals surface area contributed by atoms with Crippen LogP contribution in [0.4, 0.5) is 10.1 Å². The average Bonchev–Trinajstić information content (AvgIpc) is 3.49. The van der Waals surface area contributed by atoms with Crippen molar-refractivity contribution < 1.29 is 23.5 Å². The Morgan fingerprint density at radius 1 is 1.04 bits per heavy atom. The molecule has 2 aliphatic carbocycles. The van der Waals surface area contributed by atoms with E-state index in [2.05, 4.69) is 36.7 Å². The second-order valence-corrected chi connectivity index (χ2v) is 16.1. The van der Waals surface area contributed by atoms with E-state index in [-0.39, 0.29) is 40.0 Å². The molecule has 0 aromatic heterocycles. The first-order valence-corrected chi connectivity index (χ1v) is 17.6. The first-order valence-electron chi connectivity index (χ1n) is 16.9. The largest absolute Gasteiger partial charge is 0.461 e. The van der Waals surface area contributed by atoms with Crippen LogP contribution in [0.15, 0.2) is 66.7 Å². The molecule has 0 radical (unpaired) electrons. The van der Waals surface area contributed by atoms with Crippen molar-refractivity contribution >= 4 is 46.7 Å². The summed E-state index contributed by atoms with van der Waals surface area (Å²) in [5.41, 5.74) is 4.67. The van der Waals surface area contributed by atoms with Crippen LogP contribution in [0, 0.1) is 11.2 Å². The number of ether oxygens (including phenoxy) is 1. The van der Waals surface area contributed by atoms with Crippen LogP contribution in [0.1, 0.15) is 75.5 Å². The second kappa shape index (κ2) is 12.1. The van der Waals surface area contributed by atoms with Crippen molar-refractivity contribution in [3.63, 3.8) is 0 Å². The molecule has 7 rings (SSSR count). The lowest BCUT2D eigenvalue weighted by Gasteiger charge is -2.56. The SMILES string of the molecule is CC(C)(C)C[C@@]12N[C@]1(C(=O)NC1CCC(OC(=O)[C@@H](N)Cc3ccccc3)CC1)[C@H](c1cccc(Cl)c1F)[C@@]21C(=O)Nc2cc(Cl)ccc21. The van der Waals surface area contributed by atoms with Gasteiger partial charge in [-0.15, -0.1) is 0 Å². The van der Waals surface area contributed by atoms with Crippen molar-refractivity contribution in [1.82, 2.24) is 10.6 Å². The second-order valence-electron chi connectivity index (χ2n) is 15.3. The van der Waals surface area contributed by atoms with Crippen LogP contribution >= 0.6 is 23.2 Å². The highest BCUT2D eigenvalue weighted by Crippen LogP contribution is 2.79. The number of nitrogens with one attached hydrogen (secondary N) is 3. The Kier molecular flexibility index (Phi) is 8.37. The molecule has 0 unspecified atom stereocenters. The van der Waals surface area contributed by atoms with E-state index in [1.165, 1.54) is 6.07 Å². The molecule has 8 nitrogen and oxygen atoms in total. The molecule has 4 aliphatic rings. The van der Waals surface area contributed by atoms with E-state index in [1.54, 1.807) is 24.3 Å². The molecule has 2 heterocycles. The maximum atomic E-state index is 16.1. The molecular formula is C38H41Cl2FN4O4. The summed E-state index contributed by atoms with van der Waals surface area (Å²) in [5, 5.41) is 10.2. The molecule has 3 fully saturated rings. The summed E-state index contributed by atoms with van der Waals surface area (Å²) >= 11 is 12.7. The van der Waals surface area contributed by atoms with Crippen LogP contribution < -0.4 is 21.7 Å². The van der Waals surface area contributed by atoms with Crippen molar-refractivity contribution in [3.05, 3.63) is 99.3 Å². The summed E-state index contributed by atoms with van der Waals surface area (Å²) in [6.07, 6.45) is 2.86. The summed E-state index contributed by atoms with van der Waals surface area (Å²) in [5.74, 6) is -2.58. The van der Waals surface area contributed by atoms with E-state index in [1.807, 2.05) is 36.4 Å². The van der Waals surface area contributed by atoms with Gasteiger partial charge in [0.15, 0.2) is 0 Å². The van der Waals surface area contributed by atoms with Gasteiger partial charge >= 0.3 is 5.97 Å². The summed E-state index contributed by atoms with van der Waals surface area (Å²) < 4.78 is 21.8. The van der Waals surface area contributed by atoms with Crippen molar-refractivity contribution in [1.29, 1.82) is 0 Å². The highest BCUT2D eigenvalue weighted by atomic mass is 35.5. The fourth-order valence-corrected chi connectivity index (χ4v) is 9.44. The van der Waals surface area contributed by atoms with Gasteiger partial charge in [0.05, 0.1) is 10.6 Å². The Balaban J connectivity index is 1.14. The maximum Gasteiger partial charge on any atom is 0.323 e. The Hall–Kier alpha value is -3.50. The van der Waals surface area contributed by atoms with Gasteiger partial charge in [0.25, 0.3) is 0 Å². The number of halogens is 3.